The van der Waals surface area contributed by atoms with Crippen LogP contribution in [0.25, 0.3) is 33.4 Å². The van der Waals surface area contributed by atoms with Gasteiger partial charge in [0.05, 0.1) is 5.39 Å². The fraction of sp³-hybridized carbons (Fsp3) is 0.308. The second-order valence-corrected chi connectivity index (χ2v) is 9.16. The minimum Gasteiger partial charge on any atom is -0.488 e. The van der Waals surface area contributed by atoms with Crippen molar-refractivity contribution in [2.45, 2.75) is 19.8 Å². The summed E-state index contributed by atoms with van der Waals surface area (Å²) in [6, 6.07) is 12.2. The van der Waals surface area contributed by atoms with Gasteiger partial charge < -0.3 is 20.2 Å². The Balaban J connectivity index is 1.21. The molecule has 1 saturated heterocycles. The highest BCUT2D eigenvalue weighted by Crippen LogP contribution is 2.33. The van der Waals surface area contributed by atoms with E-state index in [1.165, 1.54) is 19.2 Å². The standard InChI is InChI=1S/C26H28N8O2/c1-16-13-19-23(20(14-16)35-12-11-34-9-3-4-10-34)36-26(31-19)30-18-7-5-17(6-8-18)22-21-24(27)28-15-29-25(21)33(2)32-22/h5-8,13-15H,3-4,9-12H2,1-2H3,(H,30,31)(H2,27,28,29). The third-order valence-corrected chi connectivity index (χ3v) is 6.52. The Labute approximate surface area is 208 Å². The Bertz CT molecular complexity index is 1530. The summed E-state index contributed by atoms with van der Waals surface area (Å²) in [6.45, 7) is 5.89. The molecule has 0 radical (unpaired) electrons. The highest BCUT2D eigenvalue weighted by atomic mass is 16.5. The monoisotopic (exact) mass is 484 g/mol. The first-order valence-electron chi connectivity index (χ1n) is 12.1. The zero-order chi connectivity index (χ0) is 24.6. The third kappa shape index (κ3) is 4.20. The fourth-order valence-corrected chi connectivity index (χ4v) is 4.73. The molecule has 4 heterocycles. The van der Waals surface area contributed by atoms with Crippen molar-refractivity contribution in [2.75, 3.05) is 37.3 Å². The van der Waals surface area contributed by atoms with Crippen LogP contribution in [0.5, 0.6) is 5.75 Å². The van der Waals surface area contributed by atoms with Crippen LogP contribution in [0.2, 0.25) is 0 Å². The van der Waals surface area contributed by atoms with E-state index >= 15 is 0 Å². The molecule has 0 atom stereocenters. The average Bonchev–Trinajstić information content (AvgIpc) is 3.60. The van der Waals surface area contributed by atoms with Crippen LogP contribution in [0.4, 0.5) is 17.5 Å². The minimum absolute atomic E-state index is 0.408. The first-order valence-corrected chi connectivity index (χ1v) is 12.1. The van der Waals surface area contributed by atoms with E-state index < -0.39 is 0 Å². The number of rotatable bonds is 7. The lowest BCUT2D eigenvalue weighted by Gasteiger charge is -2.15. The maximum atomic E-state index is 6.11. The Kier molecular flexibility index (Phi) is 5.65. The fourth-order valence-electron chi connectivity index (χ4n) is 4.73. The molecule has 2 aromatic carbocycles. The summed E-state index contributed by atoms with van der Waals surface area (Å²) < 4.78 is 13.9. The van der Waals surface area contributed by atoms with Gasteiger partial charge in [-0.25, -0.2) is 14.6 Å². The number of aryl methyl sites for hydroxylation is 2. The molecule has 184 valence electrons. The molecule has 0 amide bonds. The Morgan fingerprint density at radius 2 is 1.92 bits per heavy atom. The van der Waals surface area contributed by atoms with E-state index in [9.17, 15) is 0 Å². The van der Waals surface area contributed by atoms with Crippen LogP contribution in [-0.2, 0) is 7.05 Å². The van der Waals surface area contributed by atoms with Crippen molar-refractivity contribution < 1.29 is 9.15 Å². The second-order valence-electron chi connectivity index (χ2n) is 9.16. The SMILES string of the molecule is Cc1cc(OCCN2CCCC2)c2oc(Nc3ccc(-c4nn(C)c5ncnc(N)c45)cc3)nc2c1. The number of hydrogen-bond donors (Lipinski definition) is 2. The summed E-state index contributed by atoms with van der Waals surface area (Å²) in [5.74, 6) is 1.13. The lowest BCUT2D eigenvalue weighted by atomic mass is 10.1. The van der Waals surface area contributed by atoms with E-state index in [4.69, 9.17) is 14.9 Å². The van der Waals surface area contributed by atoms with E-state index in [1.54, 1.807) is 4.68 Å². The molecule has 10 heteroatoms. The zero-order valence-corrected chi connectivity index (χ0v) is 20.4. The van der Waals surface area contributed by atoms with Gasteiger partial charge in [-0.2, -0.15) is 10.1 Å². The summed E-state index contributed by atoms with van der Waals surface area (Å²) in [6.07, 6.45) is 3.99. The molecule has 1 fully saturated rings. The van der Waals surface area contributed by atoms with E-state index in [2.05, 4.69) is 30.3 Å². The molecule has 0 saturated carbocycles. The van der Waals surface area contributed by atoms with Gasteiger partial charge in [0, 0.05) is 24.8 Å². The van der Waals surface area contributed by atoms with Crippen LogP contribution >= 0.6 is 0 Å². The molecular formula is C26H28N8O2. The number of anilines is 3. The van der Waals surface area contributed by atoms with Gasteiger partial charge >= 0.3 is 0 Å². The van der Waals surface area contributed by atoms with Crippen molar-refractivity contribution in [3.8, 4) is 17.0 Å². The number of likely N-dealkylation sites (tertiary alicyclic amines) is 1. The molecule has 10 nitrogen and oxygen atoms in total. The Hall–Kier alpha value is -4.18. The molecule has 3 aromatic heterocycles. The quantitative estimate of drug-likeness (QED) is 0.349. The third-order valence-electron chi connectivity index (χ3n) is 6.52. The van der Waals surface area contributed by atoms with Gasteiger partial charge in [-0.05, 0) is 62.7 Å². The number of benzene rings is 2. The Morgan fingerprint density at radius 1 is 1.11 bits per heavy atom. The molecular weight excluding hydrogens is 456 g/mol. The number of nitrogens with one attached hydrogen (secondary N) is 1. The summed E-state index contributed by atoms with van der Waals surface area (Å²) in [7, 11) is 1.84. The number of nitrogens with two attached hydrogens (primary N) is 1. The van der Waals surface area contributed by atoms with Crippen LogP contribution in [0.3, 0.4) is 0 Å². The summed E-state index contributed by atoms with van der Waals surface area (Å²) in [5, 5.41) is 8.60. The van der Waals surface area contributed by atoms with E-state index in [0.29, 0.717) is 29.7 Å². The van der Waals surface area contributed by atoms with Gasteiger partial charge in [0.2, 0.25) is 0 Å². The number of hydrogen-bond acceptors (Lipinski definition) is 9. The number of nitrogen functional groups attached to an aromatic ring is 1. The predicted octanol–water partition coefficient (Wildman–Crippen LogP) is 4.28. The predicted molar refractivity (Wildman–Crippen MR) is 139 cm³/mol. The largest absolute Gasteiger partial charge is 0.488 e. The molecule has 6 rings (SSSR count). The molecule has 0 aliphatic carbocycles. The second kappa shape index (κ2) is 9.12. The summed E-state index contributed by atoms with van der Waals surface area (Å²) in [4.78, 5) is 15.5. The van der Waals surface area contributed by atoms with Crippen LogP contribution in [0.1, 0.15) is 18.4 Å². The number of aromatic nitrogens is 5. The molecule has 0 unspecified atom stereocenters. The molecule has 5 aromatic rings. The molecule has 36 heavy (non-hydrogen) atoms. The normalized spacial score (nSPS) is 14.2. The van der Waals surface area contributed by atoms with Crippen LogP contribution in [-0.4, -0.2) is 55.9 Å². The van der Waals surface area contributed by atoms with E-state index in [-0.39, 0.29) is 0 Å². The van der Waals surface area contributed by atoms with Gasteiger partial charge in [-0.15, -0.1) is 0 Å². The number of fused-ring (bicyclic) bond motifs is 2. The average molecular weight is 485 g/mol. The lowest BCUT2D eigenvalue weighted by Crippen LogP contribution is -2.25. The van der Waals surface area contributed by atoms with Crippen molar-refractivity contribution in [3.05, 3.63) is 48.3 Å². The summed E-state index contributed by atoms with van der Waals surface area (Å²) in [5.41, 5.74) is 11.8. The highest BCUT2D eigenvalue weighted by molar-refractivity contribution is 5.98. The number of nitrogens with zero attached hydrogens (tertiary/aromatic N) is 6. The molecule has 0 bridgehead atoms. The number of ether oxygens (including phenoxy) is 1. The molecule has 1 aliphatic rings. The molecule has 1 aliphatic heterocycles. The zero-order valence-electron chi connectivity index (χ0n) is 20.4. The van der Waals surface area contributed by atoms with Crippen LogP contribution < -0.4 is 15.8 Å². The Morgan fingerprint density at radius 3 is 2.72 bits per heavy atom. The van der Waals surface area contributed by atoms with E-state index in [0.717, 1.165) is 58.8 Å². The van der Waals surface area contributed by atoms with Gasteiger partial charge in [-0.1, -0.05) is 12.1 Å². The van der Waals surface area contributed by atoms with E-state index in [1.807, 2.05) is 50.4 Å². The topological polar surface area (TPSA) is 120 Å². The van der Waals surface area contributed by atoms with Crippen LogP contribution in [0, 0.1) is 6.92 Å². The maximum Gasteiger partial charge on any atom is 0.300 e. The van der Waals surface area contributed by atoms with Gasteiger partial charge in [0.1, 0.15) is 30.0 Å². The number of oxazole rings is 1. The lowest BCUT2D eigenvalue weighted by molar-refractivity contribution is 0.238. The van der Waals surface area contributed by atoms with Gasteiger partial charge in [0.15, 0.2) is 17.0 Å². The minimum atomic E-state index is 0.408. The van der Waals surface area contributed by atoms with Crippen molar-refractivity contribution in [3.63, 3.8) is 0 Å². The molecule has 0 spiro atoms. The first-order chi connectivity index (χ1) is 17.5. The van der Waals surface area contributed by atoms with Crippen molar-refractivity contribution in [1.82, 2.24) is 29.6 Å². The van der Waals surface area contributed by atoms with Crippen molar-refractivity contribution >= 4 is 39.7 Å². The molecule has 3 N–H and O–H groups in total. The summed E-state index contributed by atoms with van der Waals surface area (Å²) >= 11 is 0. The highest BCUT2D eigenvalue weighted by Gasteiger charge is 2.17. The van der Waals surface area contributed by atoms with Gasteiger partial charge in [0.25, 0.3) is 6.01 Å². The van der Waals surface area contributed by atoms with Crippen molar-refractivity contribution in [1.29, 1.82) is 0 Å². The smallest absolute Gasteiger partial charge is 0.300 e. The van der Waals surface area contributed by atoms with Gasteiger partial charge in [-0.3, -0.25) is 4.90 Å². The maximum absolute atomic E-state index is 6.11. The van der Waals surface area contributed by atoms with Crippen molar-refractivity contribution in [2.24, 2.45) is 7.05 Å². The van der Waals surface area contributed by atoms with Crippen LogP contribution in [0.15, 0.2) is 47.1 Å². The first kappa shape index (κ1) is 22.3.